The van der Waals surface area contributed by atoms with Gasteiger partial charge in [0.15, 0.2) is 0 Å². The van der Waals surface area contributed by atoms with Gasteiger partial charge in [0.2, 0.25) is 0 Å². The molecule has 20 heavy (non-hydrogen) atoms. The predicted molar refractivity (Wildman–Crippen MR) is 82.0 cm³/mol. The summed E-state index contributed by atoms with van der Waals surface area (Å²) in [5.41, 5.74) is 7.23. The number of nitrogen functional groups attached to an aromatic ring is 1. The van der Waals surface area contributed by atoms with Gasteiger partial charge in [-0.1, -0.05) is 18.2 Å². The van der Waals surface area contributed by atoms with E-state index in [0.717, 1.165) is 5.56 Å². The predicted octanol–water partition coefficient (Wildman–Crippen LogP) is 2.28. The molecule has 0 aromatic heterocycles. The summed E-state index contributed by atoms with van der Waals surface area (Å²) in [6.45, 7) is 7.83. The number of hydrogen-bond donors (Lipinski definition) is 2. The van der Waals surface area contributed by atoms with Crippen LogP contribution in [0.15, 0.2) is 29.7 Å². The standard InChI is InChI=1S/C15H22BNO3/c1-14(2)15(3,4)20-16(19-14)12(10-18)8-11-6-5-7-13(17)9-11/h5-9,18H,10,17H2,1-4H3. The summed E-state index contributed by atoms with van der Waals surface area (Å²) in [5.74, 6) is 0. The van der Waals surface area contributed by atoms with Crippen molar-refractivity contribution in [3.63, 3.8) is 0 Å². The highest BCUT2D eigenvalue weighted by Gasteiger charge is 2.52. The molecule has 0 unspecified atom stereocenters. The van der Waals surface area contributed by atoms with E-state index in [1.165, 1.54) is 0 Å². The minimum Gasteiger partial charge on any atom is -0.400 e. The minimum absolute atomic E-state index is 0.119. The fourth-order valence-corrected chi connectivity index (χ4v) is 2.05. The lowest BCUT2D eigenvalue weighted by atomic mass is 9.77. The van der Waals surface area contributed by atoms with Gasteiger partial charge in [-0.3, -0.25) is 0 Å². The second-order valence-electron chi connectivity index (χ2n) is 6.14. The smallest absolute Gasteiger partial charge is 0.400 e. The molecule has 1 aliphatic heterocycles. The van der Waals surface area contributed by atoms with E-state index in [1.807, 2.05) is 58.0 Å². The van der Waals surface area contributed by atoms with E-state index in [2.05, 4.69) is 0 Å². The van der Waals surface area contributed by atoms with Crippen molar-refractivity contribution >= 4 is 18.9 Å². The van der Waals surface area contributed by atoms with Crippen LogP contribution >= 0.6 is 0 Å². The van der Waals surface area contributed by atoms with E-state index in [-0.39, 0.29) is 6.61 Å². The molecule has 0 saturated carbocycles. The lowest BCUT2D eigenvalue weighted by Gasteiger charge is -2.32. The van der Waals surface area contributed by atoms with E-state index in [9.17, 15) is 5.11 Å². The van der Waals surface area contributed by atoms with Gasteiger partial charge >= 0.3 is 7.12 Å². The van der Waals surface area contributed by atoms with Crippen molar-refractivity contribution < 1.29 is 14.4 Å². The summed E-state index contributed by atoms with van der Waals surface area (Å²) in [7, 11) is -0.536. The van der Waals surface area contributed by atoms with E-state index in [4.69, 9.17) is 15.0 Å². The third-order valence-corrected chi connectivity index (χ3v) is 4.00. The van der Waals surface area contributed by atoms with Gasteiger partial charge in [0.05, 0.1) is 17.8 Å². The van der Waals surface area contributed by atoms with Gasteiger partial charge in [0.1, 0.15) is 0 Å². The van der Waals surface area contributed by atoms with Gasteiger partial charge in [-0.25, -0.2) is 0 Å². The Morgan fingerprint density at radius 2 is 1.85 bits per heavy atom. The zero-order valence-corrected chi connectivity index (χ0v) is 12.5. The van der Waals surface area contributed by atoms with Crippen LogP contribution in [0.4, 0.5) is 5.69 Å². The number of aliphatic hydroxyl groups is 1. The Morgan fingerprint density at radius 3 is 2.35 bits per heavy atom. The van der Waals surface area contributed by atoms with Crippen LogP contribution in [-0.2, 0) is 9.31 Å². The molecule has 1 aromatic rings. The van der Waals surface area contributed by atoms with E-state index in [1.54, 1.807) is 0 Å². The van der Waals surface area contributed by atoms with Gasteiger partial charge in [0.25, 0.3) is 0 Å². The molecule has 0 amide bonds. The topological polar surface area (TPSA) is 64.7 Å². The lowest BCUT2D eigenvalue weighted by Crippen LogP contribution is -2.41. The summed E-state index contributed by atoms with van der Waals surface area (Å²) >= 11 is 0. The highest BCUT2D eigenvalue weighted by atomic mass is 16.7. The fourth-order valence-electron chi connectivity index (χ4n) is 2.05. The van der Waals surface area contributed by atoms with Gasteiger partial charge in [0, 0.05) is 5.69 Å². The van der Waals surface area contributed by atoms with E-state index in [0.29, 0.717) is 11.2 Å². The number of benzene rings is 1. The quantitative estimate of drug-likeness (QED) is 0.656. The Balaban J connectivity index is 2.26. The molecule has 1 aliphatic rings. The highest BCUT2D eigenvalue weighted by molar-refractivity contribution is 6.55. The normalized spacial score (nSPS) is 21.2. The Morgan fingerprint density at radius 1 is 1.25 bits per heavy atom. The van der Waals surface area contributed by atoms with Gasteiger partial charge < -0.3 is 20.1 Å². The fraction of sp³-hybridized carbons (Fsp3) is 0.467. The number of anilines is 1. The zero-order chi connectivity index (χ0) is 15.0. The molecule has 4 nitrogen and oxygen atoms in total. The van der Waals surface area contributed by atoms with Crippen LogP contribution < -0.4 is 5.73 Å². The Labute approximate surface area is 120 Å². The Kier molecular flexibility index (Phi) is 3.96. The number of hydrogen-bond acceptors (Lipinski definition) is 4. The second kappa shape index (κ2) is 5.24. The molecule has 0 bridgehead atoms. The first kappa shape index (κ1) is 15.1. The lowest BCUT2D eigenvalue weighted by molar-refractivity contribution is 0.00578. The SMILES string of the molecule is CC1(C)OB(C(=Cc2cccc(N)c2)CO)OC1(C)C. The molecule has 0 aliphatic carbocycles. The second-order valence-corrected chi connectivity index (χ2v) is 6.14. The summed E-state index contributed by atoms with van der Waals surface area (Å²) in [6.07, 6.45) is 1.86. The Hall–Kier alpha value is -1.30. The minimum atomic E-state index is -0.536. The van der Waals surface area contributed by atoms with Crippen LogP contribution in [0.25, 0.3) is 6.08 Å². The molecule has 0 radical (unpaired) electrons. The number of aliphatic hydroxyl groups excluding tert-OH is 1. The van der Waals surface area contributed by atoms with Crippen LogP contribution in [0.3, 0.4) is 0 Å². The number of rotatable bonds is 3. The molecule has 3 N–H and O–H groups in total. The molecule has 1 heterocycles. The van der Waals surface area contributed by atoms with Crippen LogP contribution in [0.5, 0.6) is 0 Å². The number of nitrogens with two attached hydrogens (primary N) is 1. The molecule has 5 heteroatoms. The molecular weight excluding hydrogens is 253 g/mol. The maximum absolute atomic E-state index is 9.60. The molecule has 1 saturated heterocycles. The first-order chi connectivity index (χ1) is 9.25. The zero-order valence-electron chi connectivity index (χ0n) is 12.5. The van der Waals surface area contributed by atoms with Crippen molar-refractivity contribution in [1.29, 1.82) is 0 Å². The average Bonchev–Trinajstić information content (AvgIpc) is 2.55. The van der Waals surface area contributed by atoms with E-state index >= 15 is 0 Å². The molecule has 0 spiro atoms. The largest absolute Gasteiger partial charge is 0.492 e. The van der Waals surface area contributed by atoms with Crippen LogP contribution in [0, 0.1) is 0 Å². The van der Waals surface area contributed by atoms with Crippen LogP contribution in [0.2, 0.25) is 0 Å². The van der Waals surface area contributed by atoms with Crippen molar-refractivity contribution in [1.82, 2.24) is 0 Å². The third kappa shape index (κ3) is 2.90. The highest BCUT2D eigenvalue weighted by Crippen LogP contribution is 2.38. The van der Waals surface area contributed by atoms with Gasteiger partial charge in [-0.05, 0) is 50.9 Å². The first-order valence-corrected chi connectivity index (χ1v) is 6.78. The van der Waals surface area contributed by atoms with Crippen molar-refractivity contribution in [3.8, 4) is 0 Å². The molecule has 0 atom stereocenters. The van der Waals surface area contributed by atoms with Crippen molar-refractivity contribution in [2.45, 2.75) is 38.9 Å². The summed E-state index contributed by atoms with van der Waals surface area (Å²) in [6, 6.07) is 7.48. The summed E-state index contributed by atoms with van der Waals surface area (Å²) in [5, 5.41) is 9.60. The van der Waals surface area contributed by atoms with Crippen LogP contribution in [0.1, 0.15) is 33.3 Å². The van der Waals surface area contributed by atoms with Gasteiger partial charge in [-0.15, -0.1) is 0 Å². The van der Waals surface area contributed by atoms with E-state index < -0.39 is 18.3 Å². The first-order valence-electron chi connectivity index (χ1n) is 6.78. The average molecular weight is 275 g/mol. The van der Waals surface area contributed by atoms with Crippen molar-refractivity contribution in [3.05, 3.63) is 35.3 Å². The molecular formula is C15H22BNO3. The summed E-state index contributed by atoms with van der Waals surface area (Å²) in [4.78, 5) is 0. The maximum Gasteiger partial charge on any atom is 0.492 e. The van der Waals surface area contributed by atoms with Gasteiger partial charge in [-0.2, -0.15) is 0 Å². The molecule has 1 fully saturated rings. The molecule has 2 rings (SSSR count). The van der Waals surface area contributed by atoms with Crippen LogP contribution in [-0.4, -0.2) is 30.0 Å². The third-order valence-electron chi connectivity index (χ3n) is 4.00. The van der Waals surface area contributed by atoms with Crippen molar-refractivity contribution in [2.24, 2.45) is 0 Å². The maximum atomic E-state index is 9.60. The summed E-state index contributed by atoms with van der Waals surface area (Å²) < 4.78 is 11.9. The monoisotopic (exact) mass is 275 g/mol. The molecule has 108 valence electrons. The van der Waals surface area contributed by atoms with Crippen molar-refractivity contribution in [2.75, 3.05) is 12.3 Å². The molecule has 1 aromatic carbocycles. The Bertz CT molecular complexity index is 510.